The van der Waals surface area contributed by atoms with Crippen LogP contribution in [0.2, 0.25) is 5.02 Å². The Morgan fingerprint density at radius 1 is 1.04 bits per heavy atom. The number of nitrogens with one attached hydrogen (secondary N) is 2. The molecule has 1 aromatic heterocycles. The third-order valence-corrected chi connectivity index (χ3v) is 4.69. The summed E-state index contributed by atoms with van der Waals surface area (Å²) in [5, 5.41) is 15.8. The standard InChI is InChI=1S/C21H25ClN6/c1-16-26-27-20(28(16)2)15-25-21(24-14-18-7-4-3-5-8-18)23-12-11-17-9-6-10-19(22)13-17/h3-10,13H,11-12,14-15H2,1-2H3,(H2,23,24,25). The van der Waals surface area contributed by atoms with Crippen molar-refractivity contribution in [3.05, 3.63) is 82.4 Å². The summed E-state index contributed by atoms with van der Waals surface area (Å²) in [7, 11) is 1.96. The van der Waals surface area contributed by atoms with Gasteiger partial charge < -0.3 is 15.2 Å². The zero-order chi connectivity index (χ0) is 19.8. The molecule has 0 atom stereocenters. The lowest BCUT2D eigenvalue weighted by molar-refractivity contribution is 0.713. The molecule has 0 fully saturated rings. The molecule has 6 nitrogen and oxygen atoms in total. The molecule has 146 valence electrons. The molecule has 2 aromatic carbocycles. The Balaban J connectivity index is 1.62. The van der Waals surface area contributed by atoms with Crippen molar-refractivity contribution >= 4 is 17.6 Å². The van der Waals surface area contributed by atoms with Crippen molar-refractivity contribution in [2.45, 2.75) is 26.4 Å². The van der Waals surface area contributed by atoms with Crippen molar-refractivity contribution in [3.63, 3.8) is 0 Å². The van der Waals surface area contributed by atoms with E-state index in [0.717, 1.165) is 41.2 Å². The van der Waals surface area contributed by atoms with Crippen LogP contribution >= 0.6 is 11.6 Å². The van der Waals surface area contributed by atoms with E-state index in [9.17, 15) is 0 Å². The zero-order valence-electron chi connectivity index (χ0n) is 16.2. The maximum absolute atomic E-state index is 6.07. The molecule has 0 amide bonds. The van der Waals surface area contributed by atoms with Gasteiger partial charge in [0.2, 0.25) is 0 Å². The molecule has 0 aliphatic carbocycles. The molecule has 0 saturated carbocycles. The van der Waals surface area contributed by atoms with E-state index in [1.807, 2.05) is 54.9 Å². The normalized spacial score (nSPS) is 11.5. The van der Waals surface area contributed by atoms with Gasteiger partial charge in [-0.1, -0.05) is 54.1 Å². The number of benzene rings is 2. The monoisotopic (exact) mass is 396 g/mol. The summed E-state index contributed by atoms with van der Waals surface area (Å²) in [5.41, 5.74) is 2.35. The lowest BCUT2D eigenvalue weighted by Crippen LogP contribution is -2.38. The topological polar surface area (TPSA) is 67.1 Å². The zero-order valence-corrected chi connectivity index (χ0v) is 16.9. The molecule has 0 aliphatic heterocycles. The highest BCUT2D eigenvalue weighted by atomic mass is 35.5. The van der Waals surface area contributed by atoms with Gasteiger partial charge in [-0.2, -0.15) is 0 Å². The lowest BCUT2D eigenvalue weighted by atomic mass is 10.1. The minimum absolute atomic E-state index is 0.551. The van der Waals surface area contributed by atoms with Gasteiger partial charge in [0.25, 0.3) is 0 Å². The maximum Gasteiger partial charge on any atom is 0.191 e. The Morgan fingerprint density at radius 3 is 2.54 bits per heavy atom. The average Bonchev–Trinajstić information content (AvgIpc) is 3.02. The van der Waals surface area contributed by atoms with Crippen molar-refractivity contribution in [1.82, 2.24) is 25.4 Å². The molecule has 3 rings (SSSR count). The number of aromatic nitrogens is 3. The first kappa shape index (κ1) is 19.9. The average molecular weight is 397 g/mol. The summed E-state index contributed by atoms with van der Waals surface area (Å²) in [6.07, 6.45) is 0.857. The summed E-state index contributed by atoms with van der Waals surface area (Å²) in [6.45, 7) is 3.84. The second-order valence-electron chi connectivity index (χ2n) is 6.53. The van der Waals surface area contributed by atoms with Crippen molar-refractivity contribution in [3.8, 4) is 0 Å². The number of aliphatic imine (C=N–C) groups is 1. The molecule has 1 heterocycles. The van der Waals surface area contributed by atoms with Gasteiger partial charge in [0.15, 0.2) is 11.8 Å². The molecule has 0 saturated heterocycles. The minimum Gasteiger partial charge on any atom is -0.356 e. The van der Waals surface area contributed by atoms with E-state index >= 15 is 0 Å². The minimum atomic E-state index is 0.551. The molecule has 2 N–H and O–H groups in total. The summed E-state index contributed by atoms with van der Waals surface area (Å²) >= 11 is 6.07. The quantitative estimate of drug-likeness (QED) is 0.475. The van der Waals surface area contributed by atoms with Gasteiger partial charge in [-0.15, -0.1) is 10.2 Å². The van der Waals surface area contributed by atoms with Gasteiger partial charge >= 0.3 is 0 Å². The van der Waals surface area contributed by atoms with Crippen LogP contribution in [0.5, 0.6) is 0 Å². The van der Waals surface area contributed by atoms with Crippen LogP contribution in [0.3, 0.4) is 0 Å². The summed E-state index contributed by atoms with van der Waals surface area (Å²) in [4.78, 5) is 4.71. The predicted octanol–water partition coefficient (Wildman–Crippen LogP) is 3.26. The number of hydrogen-bond acceptors (Lipinski definition) is 3. The maximum atomic E-state index is 6.07. The van der Waals surface area contributed by atoms with E-state index in [-0.39, 0.29) is 0 Å². The third-order valence-electron chi connectivity index (χ3n) is 4.45. The number of rotatable bonds is 7. The van der Waals surface area contributed by atoms with Gasteiger partial charge in [-0.3, -0.25) is 0 Å². The highest BCUT2D eigenvalue weighted by Gasteiger charge is 2.06. The first-order chi connectivity index (χ1) is 13.6. The molecular weight excluding hydrogens is 372 g/mol. The first-order valence-electron chi connectivity index (χ1n) is 9.27. The van der Waals surface area contributed by atoms with E-state index in [4.69, 9.17) is 16.6 Å². The fourth-order valence-electron chi connectivity index (χ4n) is 2.71. The summed E-state index contributed by atoms with van der Waals surface area (Å²) in [6, 6.07) is 18.1. The molecule has 0 aliphatic rings. The van der Waals surface area contributed by atoms with Crippen LogP contribution in [0, 0.1) is 6.92 Å². The van der Waals surface area contributed by atoms with Gasteiger partial charge in [0.1, 0.15) is 5.82 Å². The number of halogens is 1. The number of guanidine groups is 1. The second kappa shape index (κ2) is 9.90. The van der Waals surface area contributed by atoms with E-state index in [1.54, 1.807) is 0 Å². The fraction of sp³-hybridized carbons (Fsp3) is 0.286. The smallest absolute Gasteiger partial charge is 0.191 e. The van der Waals surface area contributed by atoms with Crippen molar-refractivity contribution in [1.29, 1.82) is 0 Å². The highest BCUT2D eigenvalue weighted by Crippen LogP contribution is 2.10. The molecule has 0 radical (unpaired) electrons. The molecule has 0 spiro atoms. The van der Waals surface area contributed by atoms with Gasteiger partial charge in [-0.05, 0) is 36.6 Å². The molecule has 0 bridgehead atoms. The molecule has 28 heavy (non-hydrogen) atoms. The number of hydrogen-bond donors (Lipinski definition) is 2. The predicted molar refractivity (Wildman–Crippen MR) is 113 cm³/mol. The SMILES string of the molecule is Cc1nnc(CNC(=NCc2ccccc2)NCCc2cccc(Cl)c2)n1C. The van der Waals surface area contributed by atoms with Gasteiger partial charge in [0, 0.05) is 18.6 Å². The third kappa shape index (κ3) is 5.82. The molecule has 7 heteroatoms. The molecule has 0 unspecified atom stereocenters. The van der Waals surface area contributed by atoms with Crippen molar-refractivity contribution in [2.24, 2.45) is 12.0 Å². The lowest BCUT2D eigenvalue weighted by Gasteiger charge is -2.13. The van der Waals surface area contributed by atoms with E-state index in [0.29, 0.717) is 13.1 Å². The Bertz CT molecular complexity index is 920. The van der Waals surface area contributed by atoms with Crippen LogP contribution in [0.4, 0.5) is 0 Å². The summed E-state index contributed by atoms with van der Waals surface area (Å²) < 4.78 is 1.97. The van der Waals surface area contributed by atoms with Crippen LogP contribution in [0.1, 0.15) is 22.8 Å². The van der Waals surface area contributed by atoms with Crippen LogP contribution < -0.4 is 10.6 Å². The summed E-state index contributed by atoms with van der Waals surface area (Å²) in [5.74, 6) is 2.49. The Morgan fingerprint density at radius 2 is 1.82 bits per heavy atom. The van der Waals surface area contributed by atoms with Crippen LogP contribution in [0.15, 0.2) is 59.6 Å². The van der Waals surface area contributed by atoms with Crippen LogP contribution in [-0.2, 0) is 26.6 Å². The Kier molecular flexibility index (Phi) is 7.03. The van der Waals surface area contributed by atoms with Gasteiger partial charge in [0.05, 0.1) is 13.1 Å². The second-order valence-corrected chi connectivity index (χ2v) is 6.97. The first-order valence-corrected chi connectivity index (χ1v) is 9.65. The highest BCUT2D eigenvalue weighted by molar-refractivity contribution is 6.30. The van der Waals surface area contributed by atoms with E-state index < -0.39 is 0 Å². The number of aryl methyl sites for hydroxylation is 1. The fourth-order valence-corrected chi connectivity index (χ4v) is 2.93. The van der Waals surface area contributed by atoms with Crippen LogP contribution in [0.25, 0.3) is 0 Å². The van der Waals surface area contributed by atoms with Gasteiger partial charge in [-0.25, -0.2) is 4.99 Å². The molecule has 3 aromatic rings. The Hall–Kier alpha value is -2.86. The van der Waals surface area contributed by atoms with E-state index in [1.165, 1.54) is 5.56 Å². The Labute approximate surface area is 170 Å². The van der Waals surface area contributed by atoms with E-state index in [2.05, 4.69) is 39.0 Å². The van der Waals surface area contributed by atoms with Crippen molar-refractivity contribution < 1.29 is 0 Å². The van der Waals surface area contributed by atoms with Crippen LogP contribution in [-0.4, -0.2) is 27.3 Å². The largest absolute Gasteiger partial charge is 0.356 e. The molecular formula is C21H25ClN6. The van der Waals surface area contributed by atoms with Crippen molar-refractivity contribution in [2.75, 3.05) is 6.54 Å². The number of nitrogens with zero attached hydrogens (tertiary/aromatic N) is 4.